The Labute approximate surface area is 136 Å². The summed E-state index contributed by atoms with van der Waals surface area (Å²) in [6.07, 6.45) is 1.02. The Kier molecular flexibility index (Phi) is 4.79. The van der Waals surface area contributed by atoms with Crippen LogP contribution in [0.3, 0.4) is 0 Å². The van der Waals surface area contributed by atoms with Crippen LogP contribution in [0.2, 0.25) is 0 Å². The monoisotopic (exact) mass is 337 g/mol. The number of nitrogens with zero attached hydrogens (tertiary/aromatic N) is 2. The number of benzene rings is 1. The number of carbonyl (C=O) groups is 1. The lowest BCUT2D eigenvalue weighted by atomic mass is 10.1. The Morgan fingerprint density at radius 2 is 2.23 bits per heavy atom. The largest absolute Gasteiger partial charge is 0.454 e. The summed E-state index contributed by atoms with van der Waals surface area (Å²) >= 11 is 3.01. The van der Waals surface area contributed by atoms with E-state index in [-0.39, 0.29) is 12.7 Å². The van der Waals surface area contributed by atoms with Crippen molar-refractivity contribution in [1.82, 2.24) is 10.2 Å². The first-order valence-corrected chi connectivity index (χ1v) is 8.69. The van der Waals surface area contributed by atoms with E-state index in [0.717, 1.165) is 27.2 Å². The maximum Gasteiger partial charge on any atom is 0.231 e. The Morgan fingerprint density at radius 1 is 1.36 bits per heavy atom. The van der Waals surface area contributed by atoms with Gasteiger partial charge in [-0.1, -0.05) is 36.1 Å². The first-order valence-electron chi connectivity index (χ1n) is 6.89. The van der Waals surface area contributed by atoms with Crippen molar-refractivity contribution in [2.24, 2.45) is 0 Å². The Morgan fingerprint density at radius 3 is 3.09 bits per heavy atom. The highest BCUT2D eigenvalue weighted by Crippen LogP contribution is 2.32. The number of nitrogens with one attached hydrogen (secondary N) is 1. The van der Waals surface area contributed by atoms with E-state index in [1.165, 1.54) is 11.3 Å². The molecule has 1 amide bonds. The van der Waals surface area contributed by atoms with Crippen molar-refractivity contribution in [2.45, 2.75) is 24.1 Å². The third kappa shape index (κ3) is 3.69. The molecule has 1 aliphatic rings. The number of aromatic nitrogens is 2. The minimum atomic E-state index is -0.0677. The second-order valence-electron chi connectivity index (χ2n) is 4.54. The van der Waals surface area contributed by atoms with Crippen LogP contribution < -0.4 is 14.8 Å². The molecule has 0 aliphatic carbocycles. The van der Waals surface area contributed by atoms with E-state index >= 15 is 0 Å². The van der Waals surface area contributed by atoms with Gasteiger partial charge < -0.3 is 14.8 Å². The zero-order valence-electron chi connectivity index (χ0n) is 12.0. The number of thioether (sulfide) groups is 1. The van der Waals surface area contributed by atoms with Crippen LogP contribution in [0.25, 0.3) is 0 Å². The summed E-state index contributed by atoms with van der Waals surface area (Å²) in [6.45, 7) is 2.31. The molecule has 0 bridgehead atoms. The van der Waals surface area contributed by atoms with E-state index in [4.69, 9.17) is 9.47 Å². The quantitative estimate of drug-likeness (QED) is 0.645. The van der Waals surface area contributed by atoms with E-state index in [0.29, 0.717) is 18.0 Å². The zero-order chi connectivity index (χ0) is 15.4. The van der Waals surface area contributed by atoms with Crippen LogP contribution in [0, 0.1) is 0 Å². The third-order valence-electron chi connectivity index (χ3n) is 3.00. The number of hydrogen-bond donors (Lipinski definition) is 1. The first-order chi connectivity index (χ1) is 10.7. The molecule has 3 rings (SSSR count). The molecule has 0 spiro atoms. The summed E-state index contributed by atoms with van der Waals surface area (Å²) in [5.41, 5.74) is 1.04. The Bertz CT molecular complexity index is 675. The van der Waals surface area contributed by atoms with E-state index in [2.05, 4.69) is 22.4 Å². The van der Waals surface area contributed by atoms with Crippen molar-refractivity contribution in [1.29, 1.82) is 0 Å². The van der Waals surface area contributed by atoms with Crippen molar-refractivity contribution in [3.63, 3.8) is 0 Å². The van der Waals surface area contributed by atoms with Gasteiger partial charge in [-0.05, 0) is 29.9 Å². The number of amides is 1. The second-order valence-corrected chi connectivity index (χ2v) is 7.03. The number of fused-ring (bicyclic) bond motifs is 1. The van der Waals surface area contributed by atoms with E-state index in [1.807, 2.05) is 18.2 Å². The zero-order valence-corrected chi connectivity index (χ0v) is 13.6. The summed E-state index contributed by atoms with van der Waals surface area (Å²) in [5.74, 6) is 2.36. The van der Waals surface area contributed by atoms with Gasteiger partial charge in [-0.3, -0.25) is 4.79 Å². The molecule has 2 aromatic rings. The molecule has 0 atom stereocenters. The van der Waals surface area contributed by atoms with Gasteiger partial charge in [0.15, 0.2) is 15.8 Å². The average molecular weight is 337 g/mol. The predicted octanol–water partition coefficient (Wildman–Crippen LogP) is 2.95. The minimum Gasteiger partial charge on any atom is -0.454 e. The molecule has 0 unspecified atom stereocenters. The summed E-state index contributed by atoms with van der Waals surface area (Å²) in [7, 11) is 0. The fourth-order valence-corrected chi connectivity index (χ4v) is 3.64. The predicted molar refractivity (Wildman–Crippen MR) is 85.8 cm³/mol. The van der Waals surface area contributed by atoms with Crippen LogP contribution >= 0.6 is 23.1 Å². The van der Waals surface area contributed by atoms with Gasteiger partial charge in [0.1, 0.15) is 0 Å². The molecule has 0 saturated carbocycles. The van der Waals surface area contributed by atoms with Crippen LogP contribution in [-0.4, -0.2) is 28.7 Å². The van der Waals surface area contributed by atoms with Gasteiger partial charge in [-0.15, -0.1) is 10.2 Å². The first kappa shape index (κ1) is 15.1. The van der Waals surface area contributed by atoms with Crippen LogP contribution in [0.1, 0.15) is 18.9 Å². The number of aryl methyl sites for hydroxylation is 1. The molecule has 1 aromatic carbocycles. The molecule has 0 fully saturated rings. The maximum absolute atomic E-state index is 12.0. The Balaban J connectivity index is 1.51. The molecule has 6 nitrogen and oxygen atoms in total. The molecule has 1 aliphatic heterocycles. The second kappa shape index (κ2) is 6.97. The fraction of sp³-hybridized carbons (Fsp3) is 0.357. The topological polar surface area (TPSA) is 73.3 Å². The highest BCUT2D eigenvalue weighted by molar-refractivity contribution is 8.01. The summed E-state index contributed by atoms with van der Waals surface area (Å²) in [6, 6.07) is 5.73. The molecule has 2 heterocycles. The van der Waals surface area contributed by atoms with Crippen molar-refractivity contribution in [2.75, 3.05) is 17.9 Å². The van der Waals surface area contributed by atoms with Gasteiger partial charge in [0.25, 0.3) is 0 Å². The third-order valence-corrected chi connectivity index (χ3v) is 4.85. The number of ether oxygens (including phenoxy) is 2. The van der Waals surface area contributed by atoms with Crippen LogP contribution in [0.4, 0.5) is 5.13 Å². The van der Waals surface area contributed by atoms with Gasteiger partial charge in [0, 0.05) is 6.42 Å². The summed E-state index contributed by atoms with van der Waals surface area (Å²) in [5, 5.41) is 11.3. The van der Waals surface area contributed by atoms with Crippen LogP contribution in [-0.2, 0) is 11.2 Å². The van der Waals surface area contributed by atoms with Gasteiger partial charge in [0.2, 0.25) is 17.8 Å². The van der Waals surface area contributed by atoms with Crippen molar-refractivity contribution < 1.29 is 14.3 Å². The molecule has 1 N–H and O–H groups in total. The number of rotatable bonds is 6. The highest BCUT2D eigenvalue weighted by atomic mass is 32.2. The lowest BCUT2D eigenvalue weighted by Gasteiger charge is -2.03. The molecule has 8 heteroatoms. The van der Waals surface area contributed by atoms with Crippen molar-refractivity contribution >= 4 is 34.1 Å². The number of hydrogen-bond acceptors (Lipinski definition) is 7. The van der Waals surface area contributed by atoms with Gasteiger partial charge in [0.05, 0.1) is 0 Å². The normalized spacial score (nSPS) is 12.4. The van der Waals surface area contributed by atoms with E-state index in [9.17, 15) is 4.79 Å². The minimum absolute atomic E-state index is 0.0677. The maximum atomic E-state index is 12.0. The summed E-state index contributed by atoms with van der Waals surface area (Å²) in [4.78, 5) is 12.0. The highest BCUT2D eigenvalue weighted by Gasteiger charge is 2.14. The number of carbonyl (C=O) groups excluding carboxylic acids is 1. The van der Waals surface area contributed by atoms with Gasteiger partial charge in [-0.25, -0.2) is 0 Å². The van der Waals surface area contributed by atoms with Crippen molar-refractivity contribution in [3.8, 4) is 11.5 Å². The number of anilines is 1. The standard InChI is InChI=1S/C14H15N3O3S2/c1-2-21-14-17-16-13(22-14)15-12(18)6-4-9-3-5-10-11(7-9)20-8-19-10/h3,5,7H,2,4,6,8H2,1H3,(H,15,16,18). The smallest absolute Gasteiger partial charge is 0.231 e. The molecule has 116 valence electrons. The molecule has 0 saturated heterocycles. The molecule has 1 aromatic heterocycles. The van der Waals surface area contributed by atoms with Gasteiger partial charge in [-0.2, -0.15) is 0 Å². The Hall–Kier alpha value is -1.80. The van der Waals surface area contributed by atoms with E-state index < -0.39 is 0 Å². The van der Waals surface area contributed by atoms with Crippen molar-refractivity contribution in [3.05, 3.63) is 23.8 Å². The molecule has 22 heavy (non-hydrogen) atoms. The molecule has 0 radical (unpaired) electrons. The SMILES string of the molecule is CCSc1nnc(NC(=O)CCc2ccc3c(c2)OCO3)s1. The summed E-state index contributed by atoms with van der Waals surface area (Å²) < 4.78 is 11.5. The lowest BCUT2D eigenvalue weighted by Crippen LogP contribution is -2.12. The van der Waals surface area contributed by atoms with E-state index in [1.54, 1.807) is 11.8 Å². The van der Waals surface area contributed by atoms with Crippen LogP contribution in [0.5, 0.6) is 11.5 Å². The molecular weight excluding hydrogens is 322 g/mol. The van der Waals surface area contributed by atoms with Crippen LogP contribution in [0.15, 0.2) is 22.5 Å². The molecular formula is C14H15N3O3S2. The fourth-order valence-electron chi connectivity index (χ4n) is 1.98. The average Bonchev–Trinajstić information content (AvgIpc) is 3.14. The van der Waals surface area contributed by atoms with Gasteiger partial charge >= 0.3 is 0 Å². The lowest BCUT2D eigenvalue weighted by molar-refractivity contribution is -0.116.